The molecule has 0 aliphatic carbocycles. The summed E-state index contributed by atoms with van der Waals surface area (Å²) in [4.78, 5) is 0. The highest BCUT2D eigenvalue weighted by molar-refractivity contribution is 9.09. The first-order valence-corrected chi connectivity index (χ1v) is 9.11. The van der Waals surface area contributed by atoms with E-state index in [9.17, 15) is 0 Å². The van der Waals surface area contributed by atoms with Gasteiger partial charge in [-0.15, -0.1) is 0 Å². The van der Waals surface area contributed by atoms with Crippen molar-refractivity contribution in [2.75, 3.05) is 0 Å². The fourth-order valence-electron chi connectivity index (χ4n) is 0.385. The van der Waals surface area contributed by atoms with Crippen LogP contribution < -0.4 is 0 Å². The molecule has 0 rings (SSSR count). The molecule has 3 heteroatoms. The molecule has 0 unspecified atom stereocenters. The molecule has 0 aromatic heterocycles. The lowest BCUT2D eigenvalue weighted by atomic mass is 10.00. The van der Waals surface area contributed by atoms with Crippen LogP contribution in [0, 0.1) is 11.8 Å². The van der Waals surface area contributed by atoms with Gasteiger partial charge in [0.05, 0.1) is 0 Å². The van der Waals surface area contributed by atoms with Gasteiger partial charge in [0.25, 0.3) is 0 Å². The summed E-state index contributed by atoms with van der Waals surface area (Å²) in [6.45, 7) is 18.5. The van der Waals surface area contributed by atoms with Gasteiger partial charge in [0.15, 0.2) is 0 Å². The van der Waals surface area contributed by atoms with Crippen LogP contribution in [0.5, 0.6) is 0 Å². The summed E-state index contributed by atoms with van der Waals surface area (Å²) in [6.07, 6.45) is 0. The minimum absolute atomic E-state index is 0.366. The van der Waals surface area contributed by atoms with Gasteiger partial charge in [0.1, 0.15) is 0 Å². The van der Waals surface area contributed by atoms with Gasteiger partial charge >= 0.3 is 0 Å². The molecule has 0 aliphatic heterocycles. The van der Waals surface area contributed by atoms with E-state index in [2.05, 4.69) is 55.4 Å². The summed E-state index contributed by atoms with van der Waals surface area (Å²) in [5.41, 5.74) is 0. The van der Waals surface area contributed by atoms with E-state index in [1.54, 1.807) is 0 Å². The summed E-state index contributed by atoms with van der Waals surface area (Å²) < 4.78 is 0.732. The first-order valence-electron chi connectivity index (χ1n) is 5.63. The Kier molecular flexibility index (Phi) is 6.54. The van der Waals surface area contributed by atoms with Crippen LogP contribution in [0.25, 0.3) is 0 Å². The van der Waals surface area contributed by atoms with Gasteiger partial charge < -0.3 is 0 Å². The van der Waals surface area contributed by atoms with E-state index in [4.69, 9.17) is 0 Å². The molecular weight excluding hydrogens is 240 g/mol. The fourth-order valence-corrected chi connectivity index (χ4v) is 6.93. The van der Waals surface area contributed by atoms with Crippen LogP contribution in [-0.4, -0.2) is 9.49 Å². The maximum absolute atomic E-state index is 2.33. The van der Waals surface area contributed by atoms with E-state index in [-0.39, 0.29) is 0 Å². The molecule has 0 saturated heterocycles. The summed E-state index contributed by atoms with van der Waals surface area (Å²) in [6, 6.07) is 0. The molecule has 0 aromatic rings. The normalized spacial score (nSPS) is 14.0. The largest absolute Gasteiger partial charge is 0.0760 e. The molecule has 92 valence electrons. The monoisotopic (exact) mass is 266 g/mol. The van der Waals surface area contributed by atoms with Gasteiger partial charge in [0, 0.05) is 9.49 Å². The third kappa shape index (κ3) is 5.78. The topological polar surface area (TPSA) is 0 Å². The van der Waals surface area contributed by atoms with E-state index in [1.807, 2.05) is 31.4 Å². The predicted molar refractivity (Wildman–Crippen MR) is 80.6 cm³/mol. The zero-order valence-electron chi connectivity index (χ0n) is 11.4. The van der Waals surface area contributed by atoms with Crippen LogP contribution >= 0.6 is 31.4 Å². The van der Waals surface area contributed by atoms with E-state index in [0.717, 1.165) is 11.8 Å². The third-order valence-electron chi connectivity index (χ3n) is 3.28. The van der Waals surface area contributed by atoms with Crippen molar-refractivity contribution in [3.63, 3.8) is 0 Å². The standard InChI is InChI=1S/C12H26S3/c1-9(2)11(5,6)13-15-14-12(7,8)10(3)4/h9-10H,1-8H3. The second-order valence-electron chi connectivity index (χ2n) is 5.75. The molecule has 15 heavy (non-hydrogen) atoms. The highest BCUT2D eigenvalue weighted by atomic mass is 33.5. The van der Waals surface area contributed by atoms with Crippen LogP contribution in [0.1, 0.15) is 55.4 Å². The summed E-state index contributed by atoms with van der Waals surface area (Å²) in [5, 5.41) is 0. The molecular formula is C12H26S3. The zero-order chi connectivity index (χ0) is 12.3. The Balaban J connectivity index is 4.00. The molecule has 0 spiro atoms. The minimum Gasteiger partial charge on any atom is -0.0760 e. The van der Waals surface area contributed by atoms with Crippen molar-refractivity contribution in [3.8, 4) is 0 Å². The van der Waals surface area contributed by atoms with Gasteiger partial charge in [-0.25, -0.2) is 0 Å². The Morgan fingerprint density at radius 2 is 0.933 bits per heavy atom. The third-order valence-corrected chi connectivity index (χ3v) is 9.43. The Bertz CT molecular complexity index is 163. The molecule has 0 fully saturated rings. The van der Waals surface area contributed by atoms with Crippen molar-refractivity contribution in [1.29, 1.82) is 0 Å². The van der Waals surface area contributed by atoms with Crippen molar-refractivity contribution in [2.45, 2.75) is 64.9 Å². The quantitative estimate of drug-likeness (QED) is 0.551. The first kappa shape index (κ1) is 16.1. The van der Waals surface area contributed by atoms with Gasteiger partial charge in [-0.3, -0.25) is 0 Å². The Hall–Kier alpha value is 1.05. The van der Waals surface area contributed by atoms with Crippen LogP contribution in [-0.2, 0) is 0 Å². The average molecular weight is 267 g/mol. The van der Waals surface area contributed by atoms with Gasteiger partial charge in [-0.2, -0.15) is 0 Å². The number of hydrogen-bond donors (Lipinski definition) is 0. The second-order valence-corrected chi connectivity index (χ2v) is 11.0. The van der Waals surface area contributed by atoms with E-state index in [1.165, 1.54) is 0 Å². The minimum atomic E-state index is 0.366. The van der Waals surface area contributed by atoms with E-state index >= 15 is 0 Å². The summed E-state index contributed by atoms with van der Waals surface area (Å²) in [5.74, 6) is 1.44. The summed E-state index contributed by atoms with van der Waals surface area (Å²) in [7, 11) is 5.98. The SMILES string of the molecule is CC(C)C(C)(C)SSSC(C)(C)C(C)C. The smallest absolute Gasteiger partial charge is 0.0238 e. The lowest BCUT2D eigenvalue weighted by molar-refractivity contribution is 0.506. The molecule has 0 saturated carbocycles. The van der Waals surface area contributed by atoms with Crippen molar-refractivity contribution in [1.82, 2.24) is 0 Å². The highest BCUT2D eigenvalue weighted by Gasteiger charge is 2.27. The van der Waals surface area contributed by atoms with Crippen molar-refractivity contribution < 1.29 is 0 Å². The highest BCUT2D eigenvalue weighted by Crippen LogP contribution is 2.52. The van der Waals surface area contributed by atoms with E-state index in [0.29, 0.717) is 9.49 Å². The van der Waals surface area contributed by atoms with Crippen LogP contribution in [0.2, 0.25) is 0 Å². The molecule has 0 aromatic carbocycles. The molecule has 0 bridgehead atoms. The van der Waals surface area contributed by atoms with Crippen LogP contribution in [0.4, 0.5) is 0 Å². The lowest BCUT2D eigenvalue weighted by Gasteiger charge is -2.31. The van der Waals surface area contributed by atoms with Crippen molar-refractivity contribution in [3.05, 3.63) is 0 Å². The Morgan fingerprint density at radius 3 is 1.13 bits per heavy atom. The molecule has 0 radical (unpaired) electrons. The van der Waals surface area contributed by atoms with Gasteiger partial charge in [-0.05, 0) is 49.4 Å². The number of hydrogen-bond acceptors (Lipinski definition) is 3. The molecule has 0 N–H and O–H groups in total. The van der Waals surface area contributed by atoms with Gasteiger partial charge in [0.2, 0.25) is 0 Å². The van der Waals surface area contributed by atoms with Gasteiger partial charge in [-0.1, -0.05) is 49.3 Å². The van der Waals surface area contributed by atoms with E-state index < -0.39 is 0 Å². The zero-order valence-corrected chi connectivity index (χ0v) is 13.8. The molecule has 0 aliphatic rings. The maximum atomic E-state index is 2.33. The Labute approximate surface area is 108 Å². The van der Waals surface area contributed by atoms with Crippen LogP contribution in [0.15, 0.2) is 0 Å². The molecule has 0 nitrogen and oxygen atoms in total. The molecule has 0 atom stereocenters. The lowest BCUT2D eigenvalue weighted by Crippen LogP contribution is -2.23. The molecule has 0 amide bonds. The maximum Gasteiger partial charge on any atom is 0.0238 e. The van der Waals surface area contributed by atoms with Crippen molar-refractivity contribution in [2.24, 2.45) is 11.8 Å². The second kappa shape index (κ2) is 6.11. The Morgan fingerprint density at radius 1 is 0.667 bits per heavy atom. The molecule has 0 heterocycles. The average Bonchev–Trinajstić information content (AvgIpc) is 2.02. The van der Waals surface area contributed by atoms with Crippen LogP contribution in [0.3, 0.4) is 0 Å². The first-order chi connectivity index (χ1) is 6.59. The van der Waals surface area contributed by atoms with Crippen molar-refractivity contribution >= 4 is 31.4 Å². The predicted octanol–water partition coefficient (Wildman–Crippen LogP) is 5.89. The summed E-state index contributed by atoms with van der Waals surface area (Å²) >= 11 is 0. The number of rotatable bonds is 6. The fraction of sp³-hybridized carbons (Fsp3) is 1.00.